The zero-order valence-electron chi connectivity index (χ0n) is 26.2. The van der Waals surface area contributed by atoms with Gasteiger partial charge in [0.1, 0.15) is 30.2 Å². The van der Waals surface area contributed by atoms with Crippen LogP contribution < -0.4 is 16.4 Å². The summed E-state index contributed by atoms with van der Waals surface area (Å²) >= 11 is 0.601. The molecule has 282 valence electrons. The molecule has 50 heavy (non-hydrogen) atoms. The molecular formula is C21H40AlGaN7O16P3S. The normalized spacial score (nSPS) is 22.6. The molecule has 3 heterocycles. The van der Waals surface area contributed by atoms with Gasteiger partial charge in [0.05, 0.1) is 12.9 Å². The average molecular weight is 868 g/mol. The van der Waals surface area contributed by atoms with E-state index >= 15 is 0 Å². The number of nitrogen functional groups attached to an aromatic ring is 1. The van der Waals surface area contributed by atoms with Crippen molar-refractivity contribution in [2.24, 2.45) is 5.41 Å². The third-order valence-corrected chi connectivity index (χ3v) is 13.0. The SMILES string of the molecule is CC(C)(COP(=O)(O)OP(=O)(O)OC[C@H]1O[C@@H](n2cnc3c(N)ncnc32)[C@H](O)[C@@H]1OP(=O)(O)O)C(O)C(=O)NCCC(=O)NCC[S][GaH2].[AlH3]. The number of amides is 2. The summed E-state index contributed by atoms with van der Waals surface area (Å²) < 4.78 is 61.8. The Balaban J connectivity index is 0.00000867. The number of ether oxygens (including phenoxy) is 1. The van der Waals surface area contributed by atoms with Crippen molar-refractivity contribution in [1.82, 2.24) is 30.2 Å². The topological polar surface area (TPSA) is 347 Å². The summed E-state index contributed by atoms with van der Waals surface area (Å²) in [5.41, 5.74) is 4.32. The minimum absolute atomic E-state index is 0. The summed E-state index contributed by atoms with van der Waals surface area (Å²) in [6, 6.07) is 0. The number of phosphoric ester groups is 3. The van der Waals surface area contributed by atoms with Crippen molar-refractivity contribution in [1.29, 1.82) is 0 Å². The van der Waals surface area contributed by atoms with Gasteiger partial charge in [-0.3, -0.25) is 18.1 Å². The van der Waals surface area contributed by atoms with Crippen molar-refractivity contribution in [2.75, 3.05) is 37.8 Å². The number of nitrogens with one attached hydrogen (secondary N) is 2. The van der Waals surface area contributed by atoms with Gasteiger partial charge in [-0.25, -0.2) is 28.6 Å². The number of aromatic nitrogens is 4. The van der Waals surface area contributed by atoms with Crippen molar-refractivity contribution in [2.45, 2.75) is 50.9 Å². The van der Waals surface area contributed by atoms with Crippen LogP contribution in [-0.2, 0) is 45.9 Å². The van der Waals surface area contributed by atoms with Gasteiger partial charge in [-0.2, -0.15) is 4.31 Å². The number of hydrogen-bond donors (Lipinski definition) is 9. The zero-order chi connectivity index (χ0) is 36.8. The molecule has 2 amide bonds. The molecule has 1 fully saturated rings. The molecule has 3 rings (SSSR count). The van der Waals surface area contributed by atoms with Crippen LogP contribution in [0.25, 0.3) is 11.2 Å². The van der Waals surface area contributed by atoms with E-state index in [1.165, 1.54) is 13.8 Å². The number of fused-ring (bicyclic) bond motifs is 1. The van der Waals surface area contributed by atoms with E-state index in [0.29, 0.717) is 23.9 Å². The second kappa shape index (κ2) is 18.9. The Morgan fingerprint density at radius 1 is 1.12 bits per heavy atom. The number of anilines is 1. The van der Waals surface area contributed by atoms with Gasteiger partial charge >= 0.3 is 145 Å². The van der Waals surface area contributed by atoms with Crippen molar-refractivity contribution in [3.63, 3.8) is 0 Å². The van der Waals surface area contributed by atoms with Crippen LogP contribution in [0.5, 0.6) is 0 Å². The average Bonchev–Trinajstić information content (AvgIpc) is 3.55. The second-order valence-electron chi connectivity index (χ2n) is 11.1. The van der Waals surface area contributed by atoms with E-state index in [4.69, 9.17) is 19.5 Å². The number of nitrogens with two attached hydrogens (primary N) is 1. The monoisotopic (exact) mass is 867 g/mol. The zero-order valence-corrected chi connectivity index (χ0v) is 33.9. The number of phosphoric acid groups is 3. The number of carbonyl (C=O) groups is 2. The Morgan fingerprint density at radius 2 is 1.78 bits per heavy atom. The molecule has 10 N–H and O–H groups in total. The standard InChI is InChI=1S/C21H36N7O16P3S.Al.Ga.5H/c1-21(2,16(31)19(32)24-4-3-12(29)23-5-6-48)8-41-47(38,39)44-46(36,37)40-7-11-15(43-45(33,34)35)14(30)20(42-11)28-10-27-13-17(22)25-9-26-18(13)28;;;;;;;/h9-11,14-16,20,30-31,48H,3-8H2,1-2H3,(H,23,29)(H,24,32)(H,36,37)(H,38,39)(H2,22,25,26)(H2,33,34,35);;;;;;;/q;;+1;;;;;/p-1/t11-,14-,15-,16?,20-;;;;;;;/m1......./s1. The number of aliphatic hydroxyl groups excluding tert-OH is 2. The van der Waals surface area contributed by atoms with Crippen molar-refractivity contribution in [3.05, 3.63) is 12.7 Å². The first-order chi connectivity index (χ1) is 22.7. The molecule has 3 unspecified atom stereocenters. The molecule has 7 atom stereocenters. The largest absolute Gasteiger partial charge is 0.187 e. The molecule has 29 heteroatoms. The first-order valence-corrected chi connectivity index (χ1v) is 25.1. The second-order valence-corrected chi connectivity index (χ2v) is 19.9. The maximum absolute atomic E-state index is 12.6. The Kier molecular flexibility index (Phi) is 17.1. The number of rotatable bonds is 19. The van der Waals surface area contributed by atoms with E-state index in [1.54, 1.807) is 9.70 Å². The molecule has 1 aliphatic heterocycles. The Morgan fingerprint density at radius 3 is 2.42 bits per heavy atom. The smallest absolute Gasteiger partial charge is 0.187 e. The molecule has 0 saturated carbocycles. The third kappa shape index (κ3) is 13.2. The van der Waals surface area contributed by atoms with Crippen LogP contribution in [0.2, 0.25) is 0 Å². The molecule has 0 aliphatic carbocycles. The van der Waals surface area contributed by atoms with Gasteiger partial charge < -0.3 is 35.2 Å². The number of hydrogen-bond acceptors (Lipinski definition) is 17. The minimum Gasteiger partial charge on any atom is 0.187 e. The number of aliphatic hydroxyl groups is 2. The van der Waals surface area contributed by atoms with E-state index in [1.807, 2.05) is 0 Å². The maximum Gasteiger partial charge on any atom is 0.187 e. The van der Waals surface area contributed by atoms with Gasteiger partial charge in [0.2, 0.25) is 0 Å². The molecular weight excluding hydrogens is 828 g/mol. The van der Waals surface area contributed by atoms with Gasteiger partial charge in [-0.15, -0.1) is 0 Å². The van der Waals surface area contributed by atoms with Crippen LogP contribution in [0.3, 0.4) is 0 Å². The molecule has 0 bridgehead atoms. The Hall–Kier alpha value is -0.941. The number of nitrogens with zero attached hydrogens (tertiary/aromatic N) is 4. The maximum atomic E-state index is 12.6. The fourth-order valence-electron chi connectivity index (χ4n) is 4.23. The summed E-state index contributed by atoms with van der Waals surface area (Å²) in [7, 11) is -14.6. The summed E-state index contributed by atoms with van der Waals surface area (Å²) in [6.45, 7) is 0.970. The molecule has 2 aromatic heterocycles. The summed E-state index contributed by atoms with van der Waals surface area (Å²) in [4.78, 5) is 74.9. The van der Waals surface area contributed by atoms with Gasteiger partial charge in [-0.1, -0.05) is 0 Å². The first-order valence-electron chi connectivity index (χ1n) is 14.0. The van der Waals surface area contributed by atoms with Gasteiger partial charge in [0, 0.05) is 0 Å². The fourth-order valence-corrected chi connectivity index (χ4v) is 8.65. The van der Waals surface area contributed by atoms with Crippen LogP contribution in [0.4, 0.5) is 5.82 Å². The number of carbonyl (C=O) groups excluding carboxylic acids is 2. The van der Waals surface area contributed by atoms with E-state index in [2.05, 4.69) is 34.4 Å². The van der Waals surface area contributed by atoms with Gasteiger partial charge in [-0.05, 0) is 0 Å². The summed E-state index contributed by atoms with van der Waals surface area (Å²) in [5, 5.41) is 26.3. The first kappa shape index (κ1) is 45.2. The van der Waals surface area contributed by atoms with Crippen LogP contribution in [0, 0.1) is 5.41 Å². The Bertz CT molecular complexity index is 1620. The van der Waals surface area contributed by atoms with Crippen LogP contribution in [0.15, 0.2) is 12.7 Å². The van der Waals surface area contributed by atoms with E-state index in [9.17, 15) is 53.1 Å². The molecule has 2 aromatic rings. The van der Waals surface area contributed by atoms with Crippen LogP contribution in [-0.4, -0.2) is 152 Å². The quantitative estimate of drug-likeness (QED) is 0.0376. The van der Waals surface area contributed by atoms with E-state index in [0.717, 1.165) is 23.0 Å². The van der Waals surface area contributed by atoms with E-state index in [-0.39, 0.29) is 53.2 Å². The molecule has 1 aliphatic rings. The summed E-state index contributed by atoms with van der Waals surface area (Å²) in [6.07, 6.45) is -6.66. The molecule has 0 spiro atoms. The van der Waals surface area contributed by atoms with Gasteiger partial charge in [0.25, 0.3) is 0 Å². The van der Waals surface area contributed by atoms with Crippen molar-refractivity contribution in [3.8, 4) is 0 Å². The predicted octanol–water partition coefficient (Wildman–Crippen LogP) is -3.50. The van der Waals surface area contributed by atoms with E-state index < -0.39 is 78.6 Å². The van der Waals surface area contributed by atoms with Crippen LogP contribution in [0.1, 0.15) is 26.5 Å². The molecule has 23 nitrogen and oxygen atoms in total. The predicted molar refractivity (Wildman–Crippen MR) is 181 cm³/mol. The third-order valence-electron chi connectivity index (χ3n) is 6.71. The molecule has 0 aromatic carbocycles. The molecule has 1 saturated heterocycles. The van der Waals surface area contributed by atoms with Crippen molar-refractivity contribution >= 4 is 96.7 Å². The van der Waals surface area contributed by atoms with Gasteiger partial charge in [0.15, 0.2) is 35.1 Å². The molecule has 0 radical (unpaired) electrons. The number of imidazole rings is 1. The van der Waals surface area contributed by atoms with Crippen LogP contribution >= 0.6 is 33.2 Å². The fraction of sp³-hybridized carbons (Fsp3) is 0.667. The Labute approximate surface area is 308 Å². The summed E-state index contributed by atoms with van der Waals surface area (Å²) in [5.74, 6) is -0.477. The van der Waals surface area contributed by atoms with Crippen molar-refractivity contribution < 1.29 is 75.7 Å². The minimum atomic E-state index is -5.53.